The number of anilines is 2. The first-order chi connectivity index (χ1) is 21.7. The molecule has 45 heavy (non-hydrogen) atoms. The summed E-state index contributed by atoms with van der Waals surface area (Å²) >= 11 is 1.22. The Hall–Kier alpha value is -5.62. The van der Waals surface area contributed by atoms with Gasteiger partial charge in [-0.05, 0) is 66.6 Å². The van der Waals surface area contributed by atoms with Crippen LogP contribution in [0.2, 0.25) is 0 Å². The van der Waals surface area contributed by atoms with E-state index in [2.05, 4.69) is 16.0 Å². The fraction of sp³-hybridized carbons (Fsp3) is 0.121. The van der Waals surface area contributed by atoms with Crippen molar-refractivity contribution in [2.24, 2.45) is 0 Å². The predicted octanol–water partition coefficient (Wildman–Crippen LogP) is 6.06. The van der Waals surface area contributed by atoms with Crippen molar-refractivity contribution < 1.29 is 28.8 Å². The summed E-state index contributed by atoms with van der Waals surface area (Å²) in [7, 11) is 3.02. The average Bonchev–Trinajstić information content (AvgIpc) is 3.04. The number of hydrogen-bond acceptors (Lipinski definition) is 8. The lowest BCUT2D eigenvalue weighted by molar-refractivity contribution is -0.384. The number of carbonyl (C=O) groups is 3. The highest BCUT2D eigenvalue weighted by Crippen LogP contribution is 2.29. The second-order valence-corrected chi connectivity index (χ2v) is 10.6. The number of nitrogens with one attached hydrogen (secondary N) is 3. The molecule has 0 fully saturated rings. The van der Waals surface area contributed by atoms with Crippen LogP contribution in [0.3, 0.4) is 0 Å². The van der Waals surface area contributed by atoms with Gasteiger partial charge in [-0.1, -0.05) is 36.4 Å². The van der Waals surface area contributed by atoms with Gasteiger partial charge in [0, 0.05) is 28.3 Å². The van der Waals surface area contributed by atoms with Crippen LogP contribution in [-0.4, -0.2) is 42.6 Å². The fourth-order valence-corrected chi connectivity index (χ4v) is 4.86. The molecule has 230 valence electrons. The van der Waals surface area contributed by atoms with Crippen LogP contribution in [0.4, 0.5) is 17.1 Å². The van der Waals surface area contributed by atoms with Gasteiger partial charge in [-0.25, -0.2) is 0 Å². The van der Waals surface area contributed by atoms with Gasteiger partial charge < -0.3 is 25.4 Å². The van der Waals surface area contributed by atoms with Crippen molar-refractivity contribution in [2.75, 3.05) is 30.6 Å². The number of rotatable bonds is 12. The lowest BCUT2D eigenvalue weighted by Gasteiger charge is -2.13. The highest BCUT2D eigenvalue weighted by Gasteiger charge is 2.17. The van der Waals surface area contributed by atoms with Gasteiger partial charge >= 0.3 is 0 Å². The van der Waals surface area contributed by atoms with Crippen LogP contribution in [0.25, 0.3) is 6.08 Å². The van der Waals surface area contributed by atoms with E-state index in [1.54, 1.807) is 85.8 Å². The second kappa shape index (κ2) is 15.2. The number of nitrogens with zero attached hydrogens (tertiary/aromatic N) is 1. The molecule has 4 rings (SSSR count). The minimum atomic E-state index is -0.574. The number of thioether (sulfide) groups is 1. The monoisotopic (exact) mass is 626 g/mol. The van der Waals surface area contributed by atoms with Crippen molar-refractivity contribution in [3.8, 4) is 11.5 Å². The average molecular weight is 627 g/mol. The number of ether oxygens (including phenoxy) is 2. The van der Waals surface area contributed by atoms with Crippen molar-refractivity contribution >= 4 is 52.6 Å². The molecular weight excluding hydrogens is 596 g/mol. The van der Waals surface area contributed by atoms with Gasteiger partial charge in [-0.2, -0.15) is 0 Å². The molecule has 0 radical (unpaired) electrons. The molecule has 4 aromatic rings. The van der Waals surface area contributed by atoms with Crippen LogP contribution in [0.1, 0.15) is 21.5 Å². The maximum Gasteiger partial charge on any atom is 0.272 e. The zero-order chi connectivity index (χ0) is 32.3. The molecular formula is C33H30N4O7S. The summed E-state index contributed by atoms with van der Waals surface area (Å²) in [5.41, 5.74) is 2.32. The number of nitro benzene ring substituents is 1. The Kier molecular flexibility index (Phi) is 10.9. The predicted molar refractivity (Wildman–Crippen MR) is 174 cm³/mol. The zero-order valence-electron chi connectivity index (χ0n) is 24.7. The first-order valence-electron chi connectivity index (χ1n) is 13.6. The van der Waals surface area contributed by atoms with E-state index in [9.17, 15) is 24.5 Å². The quantitative estimate of drug-likeness (QED) is 0.0744. The van der Waals surface area contributed by atoms with Gasteiger partial charge in [-0.15, -0.1) is 11.8 Å². The van der Waals surface area contributed by atoms with Crippen LogP contribution in [0.15, 0.2) is 102 Å². The lowest BCUT2D eigenvalue weighted by Crippen LogP contribution is -2.30. The molecule has 11 nitrogen and oxygen atoms in total. The maximum absolute atomic E-state index is 13.5. The van der Waals surface area contributed by atoms with Gasteiger partial charge in [0.25, 0.3) is 17.5 Å². The Bertz CT molecular complexity index is 1760. The highest BCUT2D eigenvalue weighted by molar-refractivity contribution is 8.00. The van der Waals surface area contributed by atoms with Gasteiger partial charge in [0.05, 0.1) is 30.6 Å². The Labute approximate surface area is 263 Å². The van der Waals surface area contributed by atoms with E-state index >= 15 is 0 Å². The van der Waals surface area contributed by atoms with E-state index in [1.165, 1.54) is 44.2 Å². The Morgan fingerprint density at radius 2 is 1.62 bits per heavy atom. The number of hydrogen-bond donors (Lipinski definition) is 3. The van der Waals surface area contributed by atoms with E-state index in [1.807, 2.05) is 0 Å². The van der Waals surface area contributed by atoms with E-state index in [4.69, 9.17) is 9.47 Å². The Morgan fingerprint density at radius 1 is 0.867 bits per heavy atom. The summed E-state index contributed by atoms with van der Waals surface area (Å²) < 4.78 is 10.7. The molecule has 0 saturated carbocycles. The minimum Gasteiger partial charge on any atom is -0.493 e. The van der Waals surface area contributed by atoms with Crippen LogP contribution >= 0.6 is 11.8 Å². The van der Waals surface area contributed by atoms with Crippen molar-refractivity contribution in [1.82, 2.24) is 5.32 Å². The number of benzene rings is 4. The molecule has 0 saturated heterocycles. The smallest absolute Gasteiger partial charge is 0.272 e. The van der Waals surface area contributed by atoms with E-state index in [-0.39, 0.29) is 23.0 Å². The summed E-state index contributed by atoms with van der Waals surface area (Å²) in [6.45, 7) is 1.74. The third-order valence-corrected chi connectivity index (χ3v) is 7.41. The summed E-state index contributed by atoms with van der Waals surface area (Å²) in [6.07, 6.45) is 1.52. The largest absolute Gasteiger partial charge is 0.493 e. The van der Waals surface area contributed by atoms with E-state index < -0.39 is 16.7 Å². The van der Waals surface area contributed by atoms with Gasteiger partial charge in [0.1, 0.15) is 5.70 Å². The van der Waals surface area contributed by atoms with Gasteiger partial charge in [0.15, 0.2) is 11.5 Å². The number of non-ortho nitro benzene ring substituents is 1. The second-order valence-electron chi connectivity index (χ2n) is 9.57. The SMILES string of the molecule is COc1ccc(/C=C(/NC(=O)c2ccccc2)C(=O)Nc2cccc(SCC(=O)Nc3cc([N+](=O)[O-])ccc3C)c2)cc1OC. The van der Waals surface area contributed by atoms with Crippen molar-refractivity contribution in [1.29, 1.82) is 0 Å². The van der Waals surface area contributed by atoms with Crippen molar-refractivity contribution in [2.45, 2.75) is 11.8 Å². The summed E-state index contributed by atoms with van der Waals surface area (Å²) in [5.74, 6) is -0.396. The molecule has 3 N–H and O–H groups in total. The normalized spacial score (nSPS) is 10.9. The van der Waals surface area contributed by atoms with Crippen molar-refractivity contribution in [3.05, 3.63) is 123 Å². The summed E-state index contributed by atoms with van der Waals surface area (Å²) in [4.78, 5) is 50.3. The van der Waals surface area contributed by atoms with Gasteiger partial charge in [-0.3, -0.25) is 24.5 Å². The third-order valence-electron chi connectivity index (χ3n) is 6.42. The first-order valence-corrected chi connectivity index (χ1v) is 14.5. The number of nitro groups is 1. The van der Waals surface area contributed by atoms with Crippen LogP contribution in [0.5, 0.6) is 11.5 Å². The highest BCUT2D eigenvalue weighted by atomic mass is 32.2. The molecule has 0 heterocycles. The first kappa shape index (κ1) is 32.3. The van der Waals surface area contributed by atoms with Crippen LogP contribution in [0, 0.1) is 17.0 Å². The maximum atomic E-state index is 13.5. The fourth-order valence-electron chi connectivity index (χ4n) is 4.11. The molecule has 0 aromatic heterocycles. The number of methoxy groups -OCH3 is 2. The molecule has 0 aliphatic rings. The van der Waals surface area contributed by atoms with Gasteiger partial charge in [0.2, 0.25) is 5.91 Å². The molecule has 0 unspecified atom stereocenters. The lowest BCUT2D eigenvalue weighted by atomic mass is 10.1. The Morgan fingerprint density at radius 3 is 2.33 bits per heavy atom. The van der Waals surface area contributed by atoms with Crippen molar-refractivity contribution in [3.63, 3.8) is 0 Å². The summed E-state index contributed by atoms with van der Waals surface area (Å²) in [6, 6.07) is 24.7. The molecule has 0 aliphatic carbocycles. The minimum absolute atomic E-state index is 0.0131. The number of aryl methyl sites for hydroxylation is 1. The third kappa shape index (κ3) is 8.94. The zero-order valence-corrected chi connectivity index (χ0v) is 25.5. The van der Waals surface area contributed by atoms with E-state index in [0.717, 1.165) is 0 Å². The van der Waals surface area contributed by atoms with Crippen LogP contribution in [-0.2, 0) is 9.59 Å². The summed E-state index contributed by atoms with van der Waals surface area (Å²) in [5, 5.41) is 19.3. The molecule has 0 bridgehead atoms. The molecule has 3 amide bonds. The number of carbonyl (C=O) groups excluding carboxylic acids is 3. The standard InChI is InChI=1S/C33H30N4O7S/c1-21-12-14-25(37(41)42)19-27(21)35-31(38)20-45-26-11-7-10-24(18-26)34-33(40)28(36-32(39)23-8-5-4-6-9-23)16-22-13-15-29(43-2)30(17-22)44-3/h4-19H,20H2,1-3H3,(H,34,40)(H,35,38)(H,36,39)/b28-16+. The molecule has 0 spiro atoms. The number of amides is 3. The molecule has 0 atom stereocenters. The molecule has 12 heteroatoms. The molecule has 0 aliphatic heterocycles. The van der Waals surface area contributed by atoms with Crippen LogP contribution < -0.4 is 25.4 Å². The molecule has 4 aromatic carbocycles. The Balaban J connectivity index is 1.49. The van der Waals surface area contributed by atoms with E-state index in [0.29, 0.717) is 44.5 Å². The topological polar surface area (TPSA) is 149 Å².